The van der Waals surface area contributed by atoms with Crippen LogP contribution in [0.3, 0.4) is 0 Å². The number of benzene rings is 2. The number of hydrazine groups is 1. The molecule has 2 heterocycles. The van der Waals surface area contributed by atoms with Gasteiger partial charge in [0.05, 0.1) is 33.5 Å². The summed E-state index contributed by atoms with van der Waals surface area (Å²) in [5, 5.41) is 23.0. The molecule has 0 radical (unpaired) electrons. The zero-order valence-electron chi connectivity index (χ0n) is 27.4. The van der Waals surface area contributed by atoms with Crippen molar-refractivity contribution in [1.29, 1.82) is 5.26 Å². The molecule has 2 aromatic carbocycles. The largest absolute Gasteiger partial charge is 0.384 e. The maximum atomic E-state index is 13.7. The predicted molar refractivity (Wildman–Crippen MR) is 196 cm³/mol. The monoisotopic (exact) mass is 632 g/mol. The molecule has 234 valence electrons. The van der Waals surface area contributed by atoms with Gasteiger partial charge < -0.3 is 25.9 Å². The van der Waals surface area contributed by atoms with Crippen LogP contribution in [0.25, 0.3) is 21.7 Å². The summed E-state index contributed by atoms with van der Waals surface area (Å²) in [5.74, 6) is 7.06. The Balaban J connectivity index is 1.49. The number of fused-ring (bicyclic) bond motifs is 2. The normalized spacial score (nSPS) is 19.9. The second-order valence-corrected chi connectivity index (χ2v) is 15.5. The minimum Gasteiger partial charge on any atom is -0.384 e. The quantitative estimate of drug-likeness (QED) is 0.102. The Hall–Kier alpha value is -4.07. The van der Waals surface area contributed by atoms with Gasteiger partial charge in [-0.1, -0.05) is 44.5 Å². The molecule has 2 aromatic heterocycles. The molecule has 0 spiro atoms. The lowest BCUT2D eigenvalue weighted by atomic mass is 9.49. The van der Waals surface area contributed by atoms with Crippen molar-refractivity contribution in [2.45, 2.75) is 56.9 Å². The summed E-state index contributed by atoms with van der Waals surface area (Å²) >= 11 is 6.87. The van der Waals surface area contributed by atoms with Gasteiger partial charge in [0, 0.05) is 47.1 Å². The lowest BCUT2D eigenvalue weighted by Gasteiger charge is -2.62. The summed E-state index contributed by atoms with van der Waals surface area (Å²) in [6, 6.07) is 13.4. The van der Waals surface area contributed by atoms with E-state index in [0.29, 0.717) is 45.1 Å². The molecule has 7 rings (SSSR count). The van der Waals surface area contributed by atoms with Crippen LogP contribution < -0.4 is 32.8 Å². The molecule has 3 saturated carbocycles. The Bertz CT molecular complexity index is 1960. The third-order valence-corrected chi connectivity index (χ3v) is 9.50. The van der Waals surface area contributed by atoms with Crippen LogP contribution in [0.1, 0.15) is 57.2 Å². The minimum atomic E-state index is -0.481. The third kappa shape index (κ3) is 5.94. The van der Waals surface area contributed by atoms with Crippen molar-refractivity contribution in [2.24, 2.45) is 17.2 Å². The van der Waals surface area contributed by atoms with Crippen molar-refractivity contribution < 1.29 is 0 Å². The Morgan fingerprint density at radius 2 is 1.93 bits per heavy atom. The van der Waals surface area contributed by atoms with Crippen molar-refractivity contribution in [1.82, 2.24) is 20.3 Å². The predicted octanol–water partition coefficient (Wildman–Crippen LogP) is 2.60. The maximum Gasteiger partial charge on any atom is 0.256 e. The molecule has 6 N–H and O–H groups in total. The average Bonchev–Trinajstić information content (AvgIpc) is 2.94. The standard InChI is InChI=1S/C33H40B3ClN8O/c1-31(2,3)17-41-27-19(14-38)15-40-28-24(27)9-20(10-25(28)37)43-29(26(44-39)16-42-32-11-18(12-32)13-32)22-5-4-6-23-21(22)7-8-45(30(23)46)33(34,35)36/h4-10,15-16,18,29,42-44H,11-13,17,34-36,39H2,1-3H3,(H,40,41)/b26-16-/t18?,29-,32?/m0/s1. The molecule has 9 nitrogen and oxygen atoms in total. The number of nitrogens with one attached hydrogen (secondary N) is 4. The molecule has 4 aromatic rings. The fourth-order valence-corrected chi connectivity index (χ4v) is 6.91. The number of hydrogen-bond donors (Lipinski definition) is 5. The topological polar surface area (TPSA) is 133 Å². The lowest BCUT2D eigenvalue weighted by molar-refractivity contribution is -0.0402. The summed E-state index contributed by atoms with van der Waals surface area (Å²) in [4.78, 5) is 18.2. The zero-order chi connectivity index (χ0) is 33.0. The number of aromatic nitrogens is 2. The first kappa shape index (κ1) is 31.9. The van der Waals surface area contributed by atoms with E-state index in [2.05, 4.69) is 53.2 Å². The van der Waals surface area contributed by atoms with Crippen LogP contribution in [0.2, 0.25) is 5.02 Å². The molecule has 3 aliphatic rings. The minimum absolute atomic E-state index is 0.0210. The second kappa shape index (κ2) is 11.6. The fourth-order valence-electron chi connectivity index (χ4n) is 6.64. The Morgan fingerprint density at radius 1 is 1.20 bits per heavy atom. The van der Waals surface area contributed by atoms with Crippen LogP contribution in [-0.4, -0.2) is 45.2 Å². The van der Waals surface area contributed by atoms with E-state index in [-0.39, 0.29) is 21.8 Å². The number of nitriles is 1. The number of nitrogens with two attached hydrogens (primary N) is 1. The van der Waals surface area contributed by atoms with Crippen molar-refractivity contribution in [3.8, 4) is 6.07 Å². The first-order valence-electron chi connectivity index (χ1n) is 15.8. The Kier molecular flexibility index (Phi) is 8.06. The van der Waals surface area contributed by atoms with Crippen molar-refractivity contribution in [3.05, 3.63) is 87.2 Å². The van der Waals surface area contributed by atoms with Gasteiger partial charge in [0.25, 0.3) is 5.56 Å². The van der Waals surface area contributed by atoms with E-state index in [1.165, 1.54) is 19.3 Å². The smallest absolute Gasteiger partial charge is 0.256 e. The van der Waals surface area contributed by atoms with Crippen LogP contribution in [0.4, 0.5) is 11.4 Å². The van der Waals surface area contributed by atoms with Gasteiger partial charge in [-0.15, -0.1) is 0 Å². The van der Waals surface area contributed by atoms with E-state index in [4.69, 9.17) is 17.4 Å². The maximum absolute atomic E-state index is 13.7. The number of pyridine rings is 2. The first-order chi connectivity index (χ1) is 21.7. The summed E-state index contributed by atoms with van der Waals surface area (Å²) in [7, 11) is 6.06. The molecular formula is C33H40B3ClN8O. The van der Waals surface area contributed by atoms with E-state index in [9.17, 15) is 10.1 Å². The van der Waals surface area contributed by atoms with Gasteiger partial charge in [-0.05, 0) is 71.0 Å². The van der Waals surface area contributed by atoms with Gasteiger partial charge in [-0.25, -0.2) is 0 Å². The van der Waals surface area contributed by atoms with E-state index >= 15 is 0 Å². The number of anilines is 2. The highest BCUT2D eigenvalue weighted by Crippen LogP contribution is 2.57. The van der Waals surface area contributed by atoms with E-state index in [1.807, 2.05) is 72.3 Å². The molecule has 0 aliphatic heterocycles. The summed E-state index contributed by atoms with van der Waals surface area (Å²) < 4.78 is 1.76. The molecule has 3 aliphatic carbocycles. The van der Waals surface area contributed by atoms with Gasteiger partial charge in [-0.2, -0.15) is 5.26 Å². The van der Waals surface area contributed by atoms with Crippen molar-refractivity contribution in [3.63, 3.8) is 0 Å². The van der Waals surface area contributed by atoms with E-state index < -0.39 is 6.04 Å². The number of nitrogens with zero attached hydrogens (tertiary/aromatic N) is 3. The highest BCUT2D eigenvalue weighted by Gasteiger charge is 2.56. The van der Waals surface area contributed by atoms with Crippen molar-refractivity contribution in [2.75, 3.05) is 17.2 Å². The van der Waals surface area contributed by atoms with Gasteiger partial charge in [-0.3, -0.25) is 15.6 Å². The second-order valence-electron chi connectivity index (χ2n) is 15.1. The molecule has 0 saturated heterocycles. The number of hydrogen-bond acceptors (Lipinski definition) is 8. The molecule has 0 amide bonds. The van der Waals surface area contributed by atoms with Gasteiger partial charge >= 0.3 is 0 Å². The SMILES string of the molecule is BC(B)(B)n1ccc2c([C@H](Nc3cc(Cl)c4ncc(C#N)c(NCC(C)(C)C)c4c3)/C(=C/NC34CC(C3)C4)NN)cccc2c1=O. The first-order valence-corrected chi connectivity index (χ1v) is 16.2. The summed E-state index contributed by atoms with van der Waals surface area (Å²) in [5.41, 5.74) is 7.04. The van der Waals surface area contributed by atoms with Crippen LogP contribution >= 0.6 is 11.6 Å². The Morgan fingerprint density at radius 3 is 2.54 bits per heavy atom. The van der Waals surface area contributed by atoms with Crippen LogP contribution in [0.15, 0.2) is 65.5 Å². The van der Waals surface area contributed by atoms with Crippen LogP contribution in [-0.2, 0) is 5.24 Å². The molecule has 46 heavy (non-hydrogen) atoms. The summed E-state index contributed by atoms with van der Waals surface area (Å²) in [6.07, 6.45) is 8.89. The highest BCUT2D eigenvalue weighted by molar-refractivity contribution is 6.56. The van der Waals surface area contributed by atoms with Crippen LogP contribution in [0.5, 0.6) is 0 Å². The summed E-state index contributed by atoms with van der Waals surface area (Å²) in [6.45, 7) is 7.05. The molecule has 0 unspecified atom stereocenters. The number of halogens is 1. The highest BCUT2D eigenvalue weighted by atomic mass is 35.5. The molecule has 3 fully saturated rings. The van der Waals surface area contributed by atoms with Gasteiger partial charge in [0.1, 0.15) is 29.6 Å². The molecular weight excluding hydrogens is 592 g/mol. The van der Waals surface area contributed by atoms with Gasteiger partial charge in [0.2, 0.25) is 0 Å². The van der Waals surface area contributed by atoms with E-state index in [1.54, 1.807) is 10.8 Å². The van der Waals surface area contributed by atoms with Gasteiger partial charge in [0.15, 0.2) is 0 Å². The van der Waals surface area contributed by atoms with Crippen LogP contribution in [0, 0.1) is 22.7 Å². The molecule has 1 atom stereocenters. The zero-order valence-corrected chi connectivity index (χ0v) is 28.1. The molecule has 2 bridgehead atoms. The Labute approximate surface area is 277 Å². The lowest BCUT2D eigenvalue weighted by Crippen LogP contribution is -2.65. The third-order valence-electron chi connectivity index (χ3n) is 9.21. The van der Waals surface area contributed by atoms with Crippen molar-refractivity contribution >= 4 is 68.2 Å². The number of rotatable bonds is 10. The van der Waals surface area contributed by atoms with E-state index in [0.717, 1.165) is 22.3 Å². The fraction of sp³-hybridized carbons (Fsp3) is 0.364. The molecule has 13 heteroatoms. The average molecular weight is 633 g/mol.